The highest BCUT2D eigenvalue weighted by Gasteiger charge is 2.21. The lowest BCUT2D eigenvalue weighted by Crippen LogP contribution is -2.12. The van der Waals surface area contributed by atoms with Crippen LogP contribution in [0.3, 0.4) is 0 Å². The molecule has 0 radical (unpaired) electrons. The smallest absolute Gasteiger partial charge is 0.302 e. The maximum atomic E-state index is 10.9. The van der Waals surface area contributed by atoms with Crippen LogP contribution in [0.25, 0.3) is 5.57 Å². The molecule has 1 aliphatic carbocycles. The van der Waals surface area contributed by atoms with E-state index in [0.29, 0.717) is 18.4 Å². The monoisotopic (exact) mass is 310 g/mol. The largest absolute Gasteiger partial charge is 0.466 e. The number of hydrogen-bond acceptors (Lipinski definition) is 3. The zero-order valence-electron chi connectivity index (χ0n) is 12.6. The van der Waals surface area contributed by atoms with Gasteiger partial charge >= 0.3 is 5.97 Å². The number of hydrogen-bond donors (Lipinski definition) is 0. The van der Waals surface area contributed by atoms with Crippen LogP contribution in [0, 0.1) is 5.92 Å². The molecule has 0 spiro atoms. The van der Waals surface area contributed by atoms with Crippen LogP contribution in [-0.2, 0) is 16.0 Å². The molecule has 0 N–H and O–H groups in total. The fourth-order valence-electron chi connectivity index (χ4n) is 2.80. The summed E-state index contributed by atoms with van der Waals surface area (Å²) in [6, 6.07) is 4.10. The van der Waals surface area contributed by atoms with Crippen LogP contribution in [0.2, 0.25) is 0 Å². The Morgan fingerprint density at radius 3 is 3.10 bits per heavy atom. The average molecular weight is 311 g/mol. The highest BCUT2D eigenvalue weighted by molar-refractivity contribution is 6.17. The second kappa shape index (κ2) is 8.28. The van der Waals surface area contributed by atoms with Gasteiger partial charge in [0.15, 0.2) is 0 Å². The fraction of sp³-hybridized carbons (Fsp3) is 0.588. The highest BCUT2D eigenvalue weighted by atomic mass is 35.5. The summed E-state index contributed by atoms with van der Waals surface area (Å²) < 4.78 is 11.0. The molecule has 0 amide bonds. The van der Waals surface area contributed by atoms with Crippen LogP contribution in [0.1, 0.15) is 50.5 Å². The van der Waals surface area contributed by atoms with Crippen LogP contribution >= 0.6 is 11.6 Å². The van der Waals surface area contributed by atoms with Crippen molar-refractivity contribution in [2.24, 2.45) is 5.92 Å². The van der Waals surface area contributed by atoms with Gasteiger partial charge in [0.25, 0.3) is 0 Å². The minimum absolute atomic E-state index is 0.210. The van der Waals surface area contributed by atoms with Gasteiger partial charge in [-0.15, -0.1) is 11.6 Å². The van der Waals surface area contributed by atoms with E-state index in [0.717, 1.165) is 43.6 Å². The van der Waals surface area contributed by atoms with Crippen LogP contribution in [0.5, 0.6) is 0 Å². The molecule has 0 aromatic carbocycles. The number of rotatable bonds is 7. The lowest BCUT2D eigenvalue weighted by atomic mass is 9.84. The van der Waals surface area contributed by atoms with Crippen molar-refractivity contribution in [3.8, 4) is 0 Å². The number of carbonyl (C=O) groups is 1. The first-order chi connectivity index (χ1) is 10.2. The van der Waals surface area contributed by atoms with Crippen molar-refractivity contribution < 1.29 is 13.9 Å². The normalized spacial score (nSPS) is 18.4. The zero-order chi connectivity index (χ0) is 15.1. The molecule has 1 aromatic rings. The van der Waals surface area contributed by atoms with Gasteiger partial charge in [0.2, 0.25) is 0 Å². The maximum absolute atomic E-state index is 10.9. The molecule has 3 nitrogen and oxygen atoms in total. The van der Waals surface area contributed by atoms with E-state index in [1.165, 1.54) is 18.9 Å². The van der Waals surface area contributed by atoms with E-state index >= 15 is 0 Å². The molecule has 116 valence electrons. The average Bonchev–Trinajstić information content (AvgIpc) is 2.94. The molecule has 1 aromatic heterocycles. The topological polar surface area (TPSA) is 39.4 Å². The van der Waals surface area contributed by atoms with Gasteiger partial charge in [-0.25, -0.2) is 0 Å². The SMILES string of the molecule is CC(=O)OCCC1CCCC=C1c1ccc(CCCCl)o1. The predicted molar refractivity (Wildman–Crippen MR) is 84.3 cm³/mol. The van der Waals surface area contributed by atoms with Gasteiger partial charge in [-0.1, -0.05) is 6.08 Å². The molecule has 1 aliphatic rings. The number of halogens is 1. The van der Waals surface area contributed by atoms with Gasteiger partial charge in [-0.3, -0.25) is 4.79 Å². The Morgan fingerprint density at radius 2 is 2.33 bits per heavy atom. The third kappa shape index (κ3) is 4.92. The molecule has 0 saturated carbocycles. The van der Waals surface area contributed by atoms with Gasteiger partial charge in [0.05, 0.1) is 6.61 Å². The van der Waals surface area contributed by atoms with Gasteiger partial charge in [0, 0.05) is 19.2 Å². The van der Waals surface area contributed by atoms with Gasteiger partial charge in [-0.2, -0.15) is 0 Å². The van der Waals surface area contributed by atoms with Crippen LogP contribution in [0.15, 0.2) is 22.6 Å². The van der Waals surface area contributed by atoms with Crippen molar-refractivity contribution in [2.75, 3.05) is 12.5 Å². The zero-order valence-corrected chi connectivity index (χ0v) is 13.3. The summed E-state index contributed by atoms with van der Waals surface area (Å²) >= 11 is 5.72. The Morgan fingerprint density at radius 1 is 1.48 bits per heavy atom. The summed E-state index contributed by atoms with van der Waals surface area (Å²) in [5.74, 6) is 2.83. The molecule has 0 fully saturated rings. The second-order valence-corrected chi connectivity index (χ2v) is 5.85. The van der Waals surface area contributed by atoms with Crippen molar-refractivity contribution in [2.45, 2.75) is 45.4 Å². The van der Waals surface area contributed by atoms with E-state index < -0.39 is 0 Å². The molecular formula is C17H23ClO3. The standard InChI is InChI=1S/C17H23ClO3/c1-13(19)20-12-10-14-5-2-3-7-16(14)17-9-8-15(21-17)6-4-11-18/h7-9,14H,2-6,10-12H2,1H3. The summed E-state index contributed by atoms with van der Waals surface area (Å²) in [5.41, 5.74) is 1.27. The molecular weight excluding hydrogens is 288 g/mol. The minimum Gasteiger partial charge on any atom is -0.466 e. The van der Waals surface area contributed by atoms with Crippen LogP contribution in [-0.4, -0.2) is 18.5 Å². The molecule has 1 atom stereocenters. The molecule has 4 heteroatoms. The molecule has 2 rings (SSSR count). The molecule has 21 heavy (non-hydrogen) atoms. The third-order valence-corrected chi connectivity index (χ3v) is 4.10. The molecule has 0 aliphatic heterocycles. The van der Waals surface area contributed by atoms with Crippen LogP contribution < -0.4 is 0 Å². The number of carbonyl (C=O) groups excluding carboxylic acids is 1. The van der Waals surface area contributed by atoms with E-state index in [2.05, 4.69) is 12.1 Å². The number of esters is 1. The summed E-state index contributed by atoms with van der Waals surface area (Å²) in [7, 11) is 0. The predicted octanol–water partition coefficient (Wildman–Crippen LogP) is 4.59. The van der Waals surface area contributed by atoms with Gasteiger partial charge < -0.3 is 9.15 Å². The van der Waals surface area contributed by atoms with Crippen molar-refractivity contribution in [1.29, 1.82) is 0 Å². The first-order valence-electron chi connectivity index (χ1n) is 7.69. The lowest BCUT2D eigenvalue weighted by Gasteiger charge is -2.22. The Balaban J connectivity index is 1.99. The van der Waals surface area contributed by atoms with Crippen molar-refractivity contribution in [3.05, 3.63) is 29.7 Å². The van der Waals surface area contributed by atoms with E-state index in [4.69, 9.17) is 20.8 Å². The summed E-state index contributed by atoms with van der Waals surface area (Å²) in [6.07, 6.45) is 8.36. The van der Waals surface area contributed by atoms with Crippen molar-refractivity contribution >= 4 is 23.1 Å². The maximum Gasteiger partial charge on any atom is 0.302 e. The summed E-state index contributed by atoms with van der Waals surface area (Å²) in [6.45, 7) is 1.93. The fourth-order valence-corrected chi connectivity index (χ4v) is 2.93. The number of aryl methyl sites for hydroxylation is 1. The molecule has 0 bridgehead atoms. The van der Waals surface area contributed by atoms with Crippen LogP contribution in [0.4, 0.5) is 0 Å². The number of furan rings is 1. The van der Waals surface area contributed by atoms with Crippen molar-refractivity contribution in [1.82, 2.24) is 0 Å². The van der Waals surface area contributed by atoms with Gasteiger partial charge in [-0.05, 0) is 55.7 Å². The first-order valence-corrected chi connectivity index (χ1v) is 8.22. The second-order valence-electron chi connectivity index (χ2n) is 5.47. The summed E-state index contributed by atoms with van der Waals surface area (Å²) in [4.78, 5) is 10.9. The Kier molecular flexibility index (Phi) is 6.37. The Hall–Kier alpha value is -1.22. The quantitative estimate of drug-likeness (QED) is 0.546. The third-order valence-electron chi connectivity index (χ3n) is 3.84. The Bertz CT molecular complexity index is 490. The molecule has 1 heterocycles. The van der Waals surface area contributed by atoms with E-state index in [9.17, 15) is 4.79 Å². The highest BCUT2D eigenvalue weighted by Crippen LogP contribution is 2.35. The first kappa shape index (κ1) is 16.2. The van der Waals surface area contributed by atoms with E-state index in [1.54, 1.807) is 0 Å². The number of ether oxygens (including phenoxy) is 1. The van der Waals surface area contributed by atoms with Crippen molar-refractivity contribution in [3.63, 3.8) is 0 Å². The molecule has 1 unspecified atom stereocenters. The van der Waals surface area contributed by atoms with E-state index in [1.807, 2.05) is 6.07 Å². The van der Waals surface area contributed by atoms with Gasteiger partial charge in [0.1, 0.15) is 11.5 Å². The number of alkyl halides is 1. The molecule has 0 saturated heterocycles. The number of allylic oxidation sites excluding steroid dienone is 2. The summed E-state index contributed by atoms with van der Waals surface area (Å²) in [5, 5.41) is 0. The minimum atomic E-state index is -0.210. The van der Waals surface area contributed by atoms with E-state index in [-0.39, 0.29) is 5.97 Å². The Labute approximate surface area is 131 Å². The lowest BCUT2D eigenvalue weighted by molar-refractivity contribution is -0.141.